The van der Waals surface area contributed by atoms with Crippen molar-refractivity contribution in [3.05, 3.63) is 71.9 Å². The van der Waals surface area contributed by atoms with Crippen LogP contribution in [0.25, 0.3) is 10.9 Å². The van der Waals surface area contributed by atoms with Crippen LogP contribution in [0.1, 0.15) is 16.1 Å². The van der Waals surface area contributed by atoms with Crippen molar-refractivity contribution in [2.24, 2.45) is 0 Å². The van der Waals surface area contributed by atoms with E-state index in [4.69, 9.17) is 18.9 Å². The highest BCUT2D eigenvalue weighted by Crippen LogP contribution is 2.35. The van der Waals surface area contributed by atoms with Crippen LogP contribution in [0.15, 0.2) is 60.7 Å². The Balaban J connectivity index is 1.32. The molecule has 154 valence electrons. The number of fused-ring (bicyclic) bond motifs is 3. The molecule has 0 fully saturated rings. The number of hydrogen-bond donors (Lipinski definition) is 1. The molecule has 0 saturated heterocycles. The molecular formula is C23H17N3O5. The number of carbonyl (C=O) groups excluding carboxylic acids is 1. The van der Waals surface area contributed by atoms with Crippen LogP contribution in [0.2, 0.25) is 0 Å². The maximum absolute atomic E-state index is 13.1. The smallest absolute Gasteiger partial charge is 0.276 e. The molecule has 2 aliphatic heterocycles. The van der Waals surface area contributed by atoms with Crippen LogP contribution in [0, 0.1) is 0 Å². The Bertz CT molecular complexity index is 1330. The summed E-state index contributed by atoms with van der Waals surface area (Å²) >= 11 is 0. The summed E-state index contributed by atoms with van der Waals surface area (Å²) in [6, 6.07) is 18.8. The standard InChI is InChI=1S/C23H17N3O5/c27-23(24-15-6-8-19-21(10-15)31-13-29-19)22-16-3-1-2-4-17(16)26(25-22)11-14-5-7-18-20(9-14)30-12-28-18/h1-10H,11-13H2,(H,24,27). The van der Waals surface area contributed by atoms with Gasteiger partial charge in [-0.1, -0.05) is 24.3 Å². The van der Waals surface area contributed by atoms with Gasteiger partial charge in [-0.15, -0.1) is 0 Å². The van der Waals surface area contributed by atoms with E-state index in [0.717, 1.165) is 28.0 Å². The third-order valence-electron chi connectivity index (χ3n) is 5.27. The minimum Gasteiger partial charge on any atom is -0.454 e. The van der Waals surface area contributed by atoms with Crippen molar-refractivity contribution in [3.8, 4) is 23.0 Å². The van der Waals surface area contributed by atoms with E-state index in [1.54, 1.807) is 18.2 Å². The predicted molar refractivity (Wildman–Crippen MR) is 112 cm³/mol. The summed E-state index contributed by atoms with van der Waals surface area (Å²) in [6.45, 7) is 0.907. The van der Waals surface area contributed by atoms with Gasteiger partial charge in [0.15, 0.2) is 28.7 Å². The van der Waals surface area contributed by atoms with Crippen LogP contribution in [0.5, 0.6) is 23.0 Å². The number of aromatic nitrogens is 2. The Morgan fingerprint density at radius 2 is 1.58 bits per heavy atom. The SMILES string of the molecule is O=C(Nc1ccc2c(c1)OCO2)c1nn(Cc2ccc3c(c2)OCO3)c2ccccc12. The lowest BCUT2D eigenvalue weighted by Crippen LogP contribution is -2.14. The zero-order valence-electron chi connectivity index (χ0n) is 16.3. The van der Waals surface area contributed by atoms with Crippen LogP contribution >= 0.6 is 0 Å². The molecule has 3 heterocycles. The topological polar surface area (TPSA) is 83.8 Å². The lowest BCUT2D eigenvalue weighted by molar-refractivity contribution is 0.102. The Labute approximate surface area is 176 Å². The molecule has 1 aromatic heterocycles. The number of carbonyl (C=O) groups is 1. The Morgan fingerprint density at radius 1 is 0.871 bits per heavy atom. The molecule has 0 atom stereocenters. The summed E-state index contributed by atoms with van der Waals surface area (Å²) in [7, 11) is 0. The maximum atomic E-state index is 13.1. The summed E-state index contributed by atoms with van der Waals surface area (Å²) in [5.74, 6) is 2.43. The van der Waals surface area contributed by atoms with Crippen molar-refractivity contribution >= 4 is 22.5 Å². The highest BCUT2D eigenvalue weighted by Gasteiger charge is 2.20. The zero-order chi connectivity index (χ0) is 20.8. The molecule has 2 aliphatic rings. The molecule has 4 aromatic rings. The third-order valence-corrected chi connectivity index (χ3v) is 5.27. The molecule has 0 radical (unpaired) electrons. The first-order chi connectivity index (χ1) is 15.2. The van der Waals surface area contributed by atoms with E-state index in [2.05, 4.69) is 10.4 Å². The van der Waals surface area contributed by atoms with Crippen molar-refractivity contribution in [3.63, 3.8) is 0 Å². The van der Waals surface area contributed by atoms with E-state index in [1.165, 1.54) is 0 Å². The van der Waals surface area contributed by atoms with Gasteiger partial charge in [0.25, 0.3) is 5.91 Å². The first kappa shape index (κ1) is 17.6. The van der Waals surface area contributed by atoms with Gasteiger partial charge < -0.3 is 24.3 Å². The van der Waals surface area contributed by atoms with Crippen LogP contribution < -0.4 is 24.3 Å². The first-order valence-corrected chi connectivity index (χ1v) is 9.80. The number of rotatable bonds is 4. The molecular weight excluding hydrogens is 398 g/mol. The fraction of sp³-hybridized carbons (Fsp3) is 0.130. The Hall–Kier alpha value is -4.20. The number of amides is 1. The molecule has 8 heteroatoms. The Morgan fingerprint density at radius 3 is 2.42 bits per heavy atom. The van der Waals surface area contributed by atoms with Gasteiger partial charge in [-0.2, -0.15) is 5.10 Å². The molecule has 0 aliphatic carbocycles. The van der Waals surface area contributed by atoms with Gasteiger partial charge in [0.1, 0.15) is 0 Å². The van der Waals surface area contributed by atoms with E-state index in [9.17, 15) is 4.79 Å². The fourth-order valence-corrected chi connectivity index (χ4v) is 3.79. The molecule has 0 spiro atoms. The monoisotopic (exact) mass is 415 g/mol. The lowest BCUT2D eigenvalue weighted by Gasteiger charge is -2.05. The van der Waals surface area contributed by atoms with E-state index < -0.39 is 0 Å². The third kappa shape index (κ3) is 3.09. The molecule has 0 bridgehead atoms. The first-order valence-electron chi connectivity index (χ1n) is 9.80. The van der Waals surface area contributed by atoms with Gasteiger partial charge in [0.05, 0.1) is 12.1 Å². The maximum Gasteiger partial charge on any atom is 0.276 e. The molecule has 3 aromatic carbocycles. The number of hydrogen-bond acceptors (Lipinski definition) is 6. The van der Waals surface area contributed by atoms with Crippen LogP contribution in [-0.4, -0.2) is 29.3 Å². The number of ether oxygens (including phenoxy) is 4. The van der Waals surface area contributed by atoms with Crippen molar-refractivity contribution < 1.29 is 23.7 Å². The van der Waals surface area contributed by atoms with E-state index >= 15 is 0 Å². The summed E-state index contributed by atoms with van der Waals surface area (Å²) in [4.78, 5) is 13.1. The van der Waals surface area contributed by atoms with Crippen LogP contribution in [0.4, 0.5) is 5.69 Å². The summed E-state index contributed by atoms with van der Waals surface area (Å²) in [6.07, 6.45) is 0. The van der Waals surface area contributed by atoms with Gasteiger partial charge in [-0.25, -0.2) is 0 Å². The van der Waals surface area contributed by atoms with Crippen LogP contribution in [0.3, 0.4) is 0 Å². The second-order valence-corrected chi connectivity index (χ2v) is 7.23. The second kappa shape index (κ2) is 6.94. The predicted octanol–water partition coefficient (Wildman–Crippen LogP) is 3.79. The highest BCUT2D eigenvalue weighted by atomic mass is 16.7. The largest absolute Gasteiger partial charge is 0.454 e. The van der Waals surface area contributed by atoms with Crippen molar-refractivity contribution in [1.82, 2.24) is 9.78 Å². The summed E-state index contributed by atoms with van der Waals surface area (Å²) < 4.78 is 23.4. The van der Waals surface area contributed by atoms with Gasteiger partial charge >= 0.3 is 0 Å². The number of anilines is 1. The number of para-hydroxylation sites is 1. The van der Waals surface area contributed by atoms with Crippen molar-refractivity contribution in [1.29, 1.82) is 0 Å². The quantitative estimate of drug-likeness (QED) is 0.546. The molecule has 6 rings (SSSR count). The number of nitrogens with one attached hydrogen (secondary N) is 1. The fourth-order valence-electron chi connectivity index (χ4n) is 3.79. The molecule has 31 heavy (non-hydrogen) atoms. The summed E-state index contributed by atoms with van der Waals surface area (Å²) in [5.41, 5.74) is 2.84. The molecule has 1 amide bonds. The highest BCUT2D eigenvalue weighted by molar-refractivity contribution is 6.11. The van der Waals surface area contributed by atoms with Crippen molar-refractivity contribution in [2.75, 3.05) is 18.9 Å². The molecule has 1 N–H and O–H groups in total. The Kier molecular flexibility index (Phi) is 3.95. The second-order valence-electron chi connectivity index (χ2n) is 7.23. The molecule has 0 saturated carbocycles. The van der Waals surface area contributed by atoms with Gasteiger partial charge in [-0.05, 0) is 35.9 Å². The van der Waals surface area contributed by atoms with Crippen molar-refractivity contribution in [2.45, 2.75) is 6.54 Å². The van der Waals surface area contributed by atoms with E-state index in [1.807, 2.05) is 47.1 Å². The normalized spacial score (nSPS) is 13.5. The van der Waals surface area contributed by atoms with Gasteiger partial charge in [-0.3, -0.25) is 9.48 Å². The van der Waals surface area contributed by atoms with Gasteiger partial charge in [0.2, 0.25) is 13.6 Å². The minimum absolute atomic E-state index is 0.182. The minimum atomic E-state index is -0.292. The van der Waals surface area contributed by atoms with E-state index in [0.29, 0.717) is 29.4 Å². The average Bonchev–Trinajstić information content (AvgIpc) is 3.52. The number of nitrogens with zero attached hydrogens (tertiary/aromatic N) is 2. The van der Waals surface area contributed by atoms with E-state index in [-0.39, 0.29) is 19.5 Å². The zero-order valence-corrected chi connectivity index (χ0v) is 16.3. The van der Waals surface area contributed by atoms with Gasteiger partial charge in [0, 0.05) is 17.1 Å². The number of benzene rings is 3. The lowest BCUT2D eigenvalue weighted by atomic mass is 10.2. The molecule has 8 nitrogen and oxygen atoms in total. The van der Waals surface area contributed by atoms with Crippen LogP contribution in [-0.2, 0) is 6.54 Å². The average molecular weight is 415 g/mol. The summed E-state index contributed by atoms with van der Waals surface area (Å²) in [5, 5.41) is 8.31. The molecule has 0 unspecified atom stereocenters.